The van der Waals surface area contributed by atoms with Crippen molar-refractivity contribution < 1.29 is 9.90 Å². The molecule has 4 N–H and O–H groups in total. The summed E-state index contributed by atoms with van der Waals surface area (Å²) < 4.78 is 0. The predicted octanol–water partition coefficient (Wildman–Crippen LogP) is 2.55. The maximum absolute atomic E-state index is 12.5. The summed E-state index contributed by atoms with van der Waals surface area (Å²) in [4.78, 5) is 12.5. The number of nitrogens with two attached hydrogens (primary N) is 1. The number of piperidine rings is 1. The number of allylic oxidation sites excluding steroid dienone is 1. The Labute approximate surface area is 153 Å². The highest BCUT2D eigenvalue weighted by atomic mass is 32.2. The van der Waals surface area contributed by atoms with Gasteiger partial charge in [-0.1, -0.05) is 37.3 Å². The molecule has 4 nitrogen and oxygen atoms in total. The van der Waals surface area contributed by atoms with Crippen molar-refractivity contribution in [2.45, 2.75) is 49.6 Å². The van der Waals surface area contributed by atoms with Gasteiger partial charge in [0.1, 0.15) is 0 Å². The van der Waals surface area contributed by atoms with Gasteiger partial charge in [0.05, 0.1) is 11.4 Å². The standard InChI is InChI=1S/C20H26N2O2S/c1-10-9-15(23)16(13-5-3-12(4-6-13)11(2)21)17-14-7-8-25-19(14)20(24)22-18(10)17/h3-8,10-11,14-19,23H,9,21H2,1-2H3,(H,22,24)/t10?,11-,14?,15?,16?,17?,18?,19?/m0/s1. The lowest BCUT2D eigenvalue weighted by Crippen LogP contribution is -2.62. The third kappa shape index (κ3) is 2.82. The lowest BCUT2D eigenvalue weighted by molar-refractivity contribution is -0.128. The number of nitrogens with one attached hydrogen (secondary N) is 1. The average Bonchev–Trinajstić information content (AvgIpc) is 3.07. The smallest absolute Gasteiger partial charge is 0.234 e. The summed E-state index contributed by atoms with van der Waals surface area (Å²) in [7, 11) is 0. The van der Waals surface area contributed by atoms with Crippen LogP contribution in [0.3, 0.4) is 0 Å². The molecule has 8 atom stereocenters. The Hall–Kier alpha value is -1.30. The third-order valence-corrected chi connectivity index (χ3v) is 7.34. The zero-order valence-electron chi connectivity index (χ0n) is 14.6. The molecule has 1 aromatic carbocycles. The van der Waals surface area contributed by atoms with Gasteiger partial charge in [-0.25, -0.2) is 0 Å². The zero-order chi connectivity index (χ0) is 17.7. The molecule has 3 aliphatic rings. The molecule has 1 saturated heterocycles. The Morgan fingerprint density at radius 1 is 1.32 bits per heavy atom. The zero-order valence-corrected chi connectivity index (χ0v) is 15.4. The Balaban J connectivity index is 1.72. The highest BCUT2D eigenvalue weighted by molar-refractivity contribution is 8.03. The first-order valence-electron chi connectivity index (χ1n) is 9.13. The number of aliphatic hydroxyl groups excluding tert-OH is 1. The van der Waals surface area contributed by atoms with Crippen LogP contribution in [-0.2, 0) is 4.79 Å². The second-order valence-corrected chi connectivity index (χ2v) is 8.89. The first-order chi connectivity index (χ1) is 12.0. The van der Waals surface area contributed by atoms with Crippen molar-refractivity contribution in [1.29, 1.82) is 0 Å². The third-order valence-electron chi connectivity index (χ3n) is 6.20. The van der Waals surface area contributed by atoms with E-state index >= 15 is 0 Å². The minimum Gasteiger partial charge on any atom is -0.392 e. The molecule has 4 rings (SSSR count). The largest absolute Gasteiger partial charge is 0.392 e. The van der Waals surface area contributed by atoms with Crippen LogP contribution in [0.4, 0.5) is 0 Å². The number of amides is 1. The number of aliphatic hydroxyl groups is 1. The minimum absolute atomic E-state index is 0.00520. The molecule has 0 bridgehead atoms. The van der Waals surface area contributed by atoms with Gasteiger partial charge in [0.15, 0.2) is 0 Å². The molecule has 2 heterocycles. The second kappa shape index (κ2) is 6.45. The van der Waals surface area contributed by atoms with Crippen LogP contribution in [0.5, 0.6) is 0 Å². The summed E-state index contributed by atoms with van der Waals surface area (Å²) in [6.07, 6.45) is 2.52. The van der Waals surface area contributed by atoms with E-state index in [-0.39, 0.29) is 53.0 Å². The molecule has 1 aromatic rings. The number of hydrogen-bond acceptors (Lipinski definition) is 4. The number of carbonyl (C=O) groups is 1. The van der Waals surface area contributed by atoms with Crippen LogP contribution in [0.15, 0.2) is 35.7 Å². The van der Waals surface area contributed by atoms with Crippen molar-refractivity contribution in [3.05, 3.63) is 46.9 Å². The van der Waals surface area contributed by atoms with Crippen molar-refractivity contribution in [2.75, 3.05) is 0 Å². The van der Waals surface area contributed by atoms with Gasteiger partial charge in [0, 0.05) is 23.9 Å². The van der Waals surface area contributed by atoms with E-state index in [1.54, 1.807) is 11.8 Å². The minimum atomic E-state index is -0.382. The molecule has 134 valence electrons. The first kappa shape index (κ1) is 17.1. The first-order valence-corrected chi connectivity index (χ1v) is 10.1. The van der Waals surface area contributed by atoms with Crippen molar-refractivity contribution in [3.63, 3.8) is 0 Å². The summed E-state index contributed by atoms with van der Waals surface area (Å²) in [6, 6.07) is 8.48. The van der Waals surface area contributed by atoms with E-state index in [9.17, 15) is 9.90 Å². The van der Waals surface area contributed by atoms with Crippen molar-refractivity contribution in [3.8, 4) is 0 Å². The number of hydrogen-bond donors (Lipinski definition) is 3. The maximum atomic E-state index is 12.5. The van der Waals surface area contributed by atoms with E-state index < -0.39 is 0 Å². The van der Waals surface area contributed by atoms with Gasteiger partial charge in [-0.15, -0.1) is 11.8 Å². The molecule has 1 amide bonds. The molecule has 2 fully saturated rings. The molecule has 5 heteroatoms. The van der Waals surface area contributed by atoms with Crippen molar-refractivity contribution in [2.24, 2.45) is 23.5 Å². The van der Waals surface area contributed by atoms with E-state index in [2.05, 4.69) is 48.0 Å². The summed E-state index contributed by atoms with van der Waals surface area (Å²) in [5.41, 5.74) is 8.22. The van der Waals surface area contributed by atoms with Crippen LogP contribution >= 0.6 is 11.8 Å². The topological polar surface area (TPSA) is 75.3 Å². The molecule has 1 aliphatic carbocycles. The van der Waals surface area contributed by atoms with Gasteiger partial charge in [-0.05, 0) is 41.7 Å². The van der Waals surface area contributed by atoms with Crippen LogP contribution < -0.4 is 11.1 Å². The predicted molar refractivity (Wildman–Crippen MR) is 101 cm³/mol. The summed E-state index contributed by atoms with van der Waals surface area (Å²) in [5, 5.41) is 16.2. The van der Waals surface area contributed by atoms with Crippen molar-refractivity contribution >= 4 is 17.7 Å². The maximum Gasteiger partial charge on any atom is 0.234 e. The van der Waals surface area contributed by atoms with E-state index in [1.165, 1.54) is 0 Å². The Kier molecular flexibility index (Phi) is 4.42. The molecule has 7 unspecified atom stereocenters. The molecule has 0 aromatic heterocycles. The monoisotopic (exact) mass is 358 g/mol. The van der Waals surface area contributed by atoms with Gasteiger partial charge < -0.3 is 16.2 Å². The molecular formula is C20H26N2O2S. The molecule has 1 saturated carbocycles. The van der Waals surface area contributed by atoms with Crippen molar-refractivity contribution in [1.82, 2.24) is 5.32 Å². The average molecular weight is 359 g/mol. The fraction of sp³-hybridized carbons (Fsp3) is 0.550. The van der Waals surface area contributed by atoms with E-state index in [0.717, 1.165) is 17.5 Å². The fourth-order valence-electron chi connectivity index (χ4n) is 4.94. The van der Waals surface area contributed by atoms with Gasteiger partial charge in [0.2, 0.25) is 5.91 Å². The second-order valence-electron chi connectivity index (χ2n) is 7.84. The number of fused-ring (bicyclic) bond motifs is 3. The summed E-state index contributed by atoms with van der Waals surface area (Å²) >= 11 is 1.61. The number of carbonyl (C=O) groups excluding carboxylic acids is 1. The summed E-state index contributed by atoms with van der Waals surface area (Å²) in [6.45, 7) is 4.12. The number of rotatable bonds is 2. The SMILES string of the molecule is CC1CC(O)C(c2ccc([C@H](C)N)cc2)C2C3C=CSC3C(=O)NC12. The van der Waals surface area contributed by atoms with Crippen LogP contribution in [-0.4, -0.2) is 28.4 Å². The van der Waals surface area contributed by atoms with Crippen LogP contribution in [0.25, 0.3) is 0 Å². The van der Waals surface area contributed by atoms with E-state index in [4.69, 9.17) is 5.73 Å². The molecule has 0 spiro atoms. The molecule has 0 radical (unpaired) electrons. The van der Waals surface area contributed by atoms with Crippen LogP contribution in [0.2, 0.25) is 0 Å². The van der Waals surface area contributed by atoms with E-state index in [1.807, 2.05) is 6.92 Å². The quantitative estimate of drug-likeness (QED) is 0.759. The Morgan fingerprint density at radius 3 is 2.72 bits per heavy atom. The van der Waals surface area contributed by atoms with E-state index in [0.29, 0.717) is 0 Å². The van der Waals surface area contributed by atoms with Gasteiger partial charge in [-0.2, -0.15) is 0 Å². The number of benzene rings is 1. The van der Waals surface area contributed by atoms with Gasteiger partial charge in [0.25, 0.3) is 0 Å². The van der Waals surface area contributed by atoms with Crippen LogP contribution in [0, 0.1) is 17.8 Å². The Bertz CT molecular complexity index is 687. The highest BCUT2D eigenvalue weighted by Crippen LogP contribution is 2.51. The highest BCUT2D eigenvalue weighted by Gasteiger charge is 2.53. The molecule has 2 aliphatic heterocycles. The normalized spacial score (nSPS) is 41.0. The lowest BCUT2D eigenvalue weighted by Gasteiger charge is -2.51. The van der Waals surface area contributed by atoms with Crippen LogP contribution in [0.1, 0.15) is 43.4 Å². The fourth-order valence-corrected chi connectivity index (χ4v) is 6.03. The lowest BCUT2D eigenvalue weighted by atomic mass is 9.60. The molecular weight excluding hydrogens is 332 g/mol. The number of thioether (sulfide) groups is 1. The summed E-state index contributed by atoms with van der Waals surface area (Å²) in [5.74, 6) is 0.895. The van der Waals surface area contributed by atoms with Gasteiger partial charge in [-0.3, -0.25) is 4.79 Å². The Morgan fingerprint density at radius 2 is 2.04 bits per heavy atom. The molecule has 25 heavy (non-hydrogen) atoms. The van der Waals surface area contributed by atoms with Gasteiger partial charge >= 0.3 is 0 Å².